The Hall–Kier alpha value is -3.10. The molecule has 1 aliphatic rings. The lowest BCUT2D eigenvalue weighted by Gasteiger charge is -2.14. The number of hydrogen-bond acceptors (Lipinski definition) is 5. The van der Waals surface area contributed by atoms with Crippen molar-refractivity contribution in [2.24, 2.45) is 5.10 Å². The number of aryl methyl sites for hydroxylation is 2. The van der Waals surface area contributed by atoms with Crippen LogP contribution in [0.5, 0.6) is 0 Å². The number of sulfonamides is 1. The van der Waals surface area contributed by atoms with E-state index in [2.05, 4.69) is 15.2 Å². The maximum absolute atomic E-state index is 12.8. The Labute approximate surface area is 191 Å². The van der Waals surface area contributed by atoms with Gasteiger partial charge < -0.3 is 9.73 Å². The summed E-state index contributed by atoms with van der Waals surface area (Å²) in [5.74, 6) is 0.419. The summed E-state index contributed by atoms with van der Waals surface area (Å²) >= 11 is 5.89. The molecule has 0 spiro atoms. The minimum Gasteiger partial charge on any atom is -0.455 e. The topological polar surface area (TPSA) is 101 Å². The smallest absolute Gasteiger partial charge is 0.291 e. The second-order valence-corrected chi connectivity index (χ2v) is 9.73. The SMILES string of the molecule is Cc1ccc(S(=O)(=O)N/N=C2\CCCc3oc(C(=O)Nc4ccc(Cl)cc4)c(C)c32)cc1. The van der Waals surface area contributed by atoms with Gasteiger partial charge in [0.1, 0.15) is 5.76 Å². The number of halogens is 1. The van der Waals surface area contributed by atoms with Gasteiger partial charge >= 0.3 is 0 Å². The van der Waals surface area contributed by atoms with E-state index < -0.39 is 10.0 Å². The van der Waals surface area contributed by atoms with E-state index >= 15 is 0 Å². The molecule has 2 aromatic carbocycles. The second-order valence-electron chi connectivity index (χ2n) is 7.64. The Balaban J connectivity index is 1.59. The third kappa shape index (κ3) is 4.56. The van der Waals surface area contributed by atoms with E-state index in [4.69, 9.17) is 16.0 Å². The van der Waals surface area contributed by atoms with E-state index in [0.29, 0.717) is 46.2 Å². The van der Waals surface area contributed by atoms with Gasteiger partial charge in [-0.25, -0.2) is 0 Å². The lowest BCUT2D eigenvalue weighted by atomic mass is 9.93. The van der Waals surface area contributed by atoms with Crippen LogP contribution in [0.3, 0.4) is 0 Å². The number of carbonyl (C=O) groups is 1. The fourth-order valence-corrected chi connectivity index (χ4v) is 4.56. The fourth-order valence-electron chi connectivity index (χ4n) is 3.60. The molecule has 0 aliphatic heterocycles. The summed E-state index contributed by atoms with van der Waals surface area (Å²) in [6, 6.07) is 13.3. The summed E-state index contributed by atoms with van der Waals surface area (Å²) in [7, 11) is -3.80. The first kappa shape index (κ1) is 22.1. The monoisotopic (exact) mass is 471 g/mol. The van der Waals surface area contributed by atoms with Gasteiger partial charge in [-0.2, -0.15) is 18.4 Å². The van der Waals surface area contributed by atoms with Gasteiger partial charge in [0.15, 0.2) is 5.76 Å². The van der Waals surface area contributed by atoms with Gasteiger partial charge in [-0.15, -0.1) is 0 Å². The molecule has 1 aromatic heterocycles. The van der Waals surface area contributed by atoms with Crippen molar-refractivity contribution in [3.8, 4) is 0 Å². The first-order chi connectivity index (χ1) is 15.2. The van der Waals surface area contributed by atoms with Gasteiger partial charge in [0.05, 0.1) is 10.6 Å². The van der Waals surface area contributed by atoms with Gasteiger partial charge in [0.25, 0.3) is 15.9 Å². The van der Waals surface area contributed by atoms with Crippen molar-refractivity contribution in [3.63, 3.8) is 0 Å². The summed E-state index contributed by atoms with van der Waals surface area (Å²) < 4.78 is 31.1. The number of amides is 1. The van der Waals surface area contributed by atoms with Crippen molar-refractivity contribution in [1.82, 2.24) is 4.83 Å². The Morgan fingerprint density at radius 1 is 1.03 bits per heavy atom. The number of benzene rings is 2. The summed E-state index contributed by atoms with van der Waals surface area (Å²) in [5, 5.41) is 7.56. The van der Waals surface area contributed by atoms with Crippen molar-refractivity contribution in [2.45, 2.75) is 38.0 Å². The van der Waals surface area contributed by atoms with E-state index in [1.165, 1.54) is 12.1 Å². The largest absolute Gasteiger partial charge is 0.455 e. The molecule has 1 amide bonds. The first-order valence-electron chi connectivity index (χ1n) is 10.1. The quantitative estimate of drug-likeness (QED) is 0.521. The zero-order valence-corrected chi connectivity index (χ0v) is 19.2. The van der Waals surface area contributed by atoms with Crippen molar-refractivity contribution < 1.29 is 17.6 Å². The van der Waals surface area contributed by atoms with Crippen LogP contribution in [0.4, 0.5) is 5.69 Å². The molecule has 0 fully saturated rings. The molecule has 7 nitrogen and oxygen atoms in total. The molecule has 4 rings (SSSR count). The Kier molecular flexibility index (Phi) is 6.08. The maximum atomic E-state index is 12.8. The van der Waals surface area contributed by atoms with Gasteiger partial charge in [-0.1, -0.05) is 29.3 Å². The predicted molar refractivity (Wildman–Crippen MR) is 124 cm³/mol. The van der Waals surface area contributed by atoms with Crippen LogP contribution in [0.25, 0.3) is 0 Å². The molecular weight excluding hydrogens is 450 g/mol. The highest BCUT2D eigenvalue weighted by molar-refractivity contribution is 7.89. The Bertz CT molecular complexity index is 1290. The van der Waals surface area contributed by atoms with Gasteiger partial charge in [0, 0.05) is 28.3 Å². The number of hydrazone groups is 1. The highest BCUT2D eigenvalue weighted by atomic mass is 35.5. The van der Waals surface area contributed by atoms with Crippen LogP contribution < -0.4 is 10.1 Å². The molecule has 1 aliphatic carbocycles. The van der Waals surface area contributed by atoms with Crippen LogP contribution in [0, 0.1) is 13.8 Å². The van der Waals surface area contributed by atoms with Crippen LogP contribution in [0.2, 0.25) is 5.02 Å². The number of fused-ring (bicyclic) bond motifs is 1. The lowest BCUT2D eigenvalue weighted by Crippen LogP contribution is -2.22. The molecule has 0 bridgehead atoms. The second kappa shape index (κ2) is 8.80. The molecule has 166 valence electrons. The fraction of sp³-hybridized carbons (Fsp3) is 0.217. The van der Waals surface area contributed by atoms with Crippen molar-refractivity contribution in [2.75, 3.05) is 5.32 Å². The molecule has 1 heterocycles. The van der Waals surface area contributed by atoms with E-state index in [1.54, 1.807) is 43.3 Å². The van der Waals surface area contributed by atoms with Crippen LogP contribution >= 0.6 is 11.6 Å². The predicted octanol–water partition coefficient (Wildman–Crippen LogP) is 4.82. The van der Waals surface area contributed by atoms with Crippen LogP contribution in [-0.4, -0.2) is 20.0 Å². The average Bonchev–Trinajstić information content (AvgIpc) is 3.11. The molecule has 0 saturated heterocycles. The molecule has 0 atom stereocenters. The first-order valence-corrected chi connectivity index (χ1v) is 12.0. The highest BCUT2D eigenvalue weighted by Crippen LogP contribution is 2.30. The van der Waals surface area contributed by atoms with Crippen LogP contribution in [0.1, 0.15) is 45.8 Å². The molecule has 3 aromatic rings. The maximum Gasteiger partial charge on any atom is 0.291 e. The van der Waals surface area contributed by atoms with Crippen molar-refractivity contribution in [1.29, 1.82) is 0 Å². The molecule has 0 saturated carbocycles. The number of anilines is 1. The zero-order chi connectivity index (χ0) is 22.9. The van der Waals surface area contributed by atoms with Gasteiger partial charge in [-0.05, 0) is 63.1 Å². The average molecular weight is 472 g/mol. The van der Waals surface area contributed by atoms with E-state index in [-0.39, 0.29) is 16.6 Å². The Morgan fingerprint density at radius 3 is 2.41 bits per heavy atom. The van der Waals surface area contributed by atoms with E-state index in [0.717, 1.165) is 12.0 Å². The minimum atomic E-state index is -3.80. The minimum absolute atomic E-state index is 0.135. The van der Waals surface area contributed by atoms with E-state index in [9.17, 15) is 13.2 Å². The Morgan fingerprint density at radius 2 is 1.72 bits per heavy atom. The van der Waals surface area contributed by atoms with Crippen molar-refractivity contribution in [3.05, 3.63) is 81.8 Å². The van der Waals surface area contributed by atoms with Gasteiger partial charge in [0.2, 0.25) is 0 Å². The van der Waals surface area contributed by atoms with Crippen molar-refractivity contribution >= 4 is 38.9 Å². The normalized spacial score (nSPS) is 14.8. The summed E-state index contributed by atoms with van der Waals surface area (Å²) in [6.45, 7) is 3.66. The molecule has 9 heteroatoms. The molecule has 2 N–H and O–H groups in total. The number of furan rings is 1. The summed E-state index contributed by atoms with van der Waals surface area (Å²) in [5.41, 5.74) is 3.41. The number of rotatable bonds is 5. The summed E-state index contributed by atoms with van der Waals surface area (Å²) in [4.78, 5) is 15.2. The molecule has 0 radical (unpaired) electrons. The number of nitrogens with zero attached hydrogens (tertiary/aromatic N) is 1. The number of hydrogen-bond donors (Lipinski definition) is 2. The lowest BCUT2D eigenvalue weighted by molar-refractivity contribution is 0.0994. The number of carbonyl (C=O) groups excluding carboxylic acids is 1. The third-order valence-corrected chi connectivity index (χ3v) is 6.74. The molecule has 0 unspecified atom stereocenters. The van der Waals surface area contributed by atoms with Crippen LogP contribution in [-0.2, 0) is 16.4 Å². The highest BCUT2D eigenvalue weighted by Gasteiger charge is 2.28. The van der Waals surface area contributed by atoms with Crippen LogP contribution in [0.15, 0.2) is 62.9 Å². The zero-order valence-electron chi connectivity index (χ0n) is 17.6. The third-order valence-electron chi connectivity index (χ3n) is 5.27. The molecule has 32 heavy (non-hydrogen) atoms. The summed E-state index contributed by atoms with van der Waals surface area (Å²) in [6.07, 6.45) is 1.96. The number of nitrogens with one attached hydrogen (secondary N) is 2. The molecular formula is C23H22ClN3O4S. The van der Waals surface area contributed by atoms with E-state index in [1.807, 2.05) is 6.92 Å². The van der Waals surface area contributed by atoms with Gasteiger partial charge in [-0.3, -0.25) is 4.79 Å². The standard InChI is InChI=1S/C23H22ClN3O4S/c1-14-6-12-18(13-7-14)32(29,30)27-26-19-4-3-5-20-21(19)15(2)22(31-20)23(28)25-17-10-8-16(24)9-11-17/h6-13,27H,3-5H2,1-2H3,(H,25,28)/b26-19+.